The van der Waals surface area contributed by atoms with Crippen LogP contribution in [0.2, 0.25) is 0 Å². The molecule has 2 aromatic carbocycles. The summed E-state index contributed by atoms with van der Waals surface area (Å²) in [5.74, 6) is -0.488. The summed E-state index contributed by atoms with van der Waals surface area (Å²) < 4.78 is 2.23. The van der Waals surface area contributed by atoms with Crippen molar-refractivity contribution in [3.63, 3.8) is 0 Å². The van der Waals surface area contributed by atoms with E-state index in [-0.39, 0.29) is 22.9 Å². The monoisotopic (exact) mass is 503 g/mol. The zero-order valence-corrected chi connectivity index (χ0v) is 21.4. The third kappa shape index (κ3) is 4.75. The Morgan fingerprint density at radius 3 is 2.50 bits per heavy atom. The van der Waals surface area contributed by atoms with Crippen molar-refractivity contribution in [3.8, 4) is 11.4 Å². The number of nitrogens with zero attached hydrogens (tertiary/aromatic N) is 4. The molecule has 0 saturated heterocycles. The summed E-state index contributed by atoms with van der Waals surface area (Å²) in [7, 11) is 0. The van der Waals surface area contributed by atoms with Crippen LogP contribution in [0, 0.1) is 0 Å². The molecule has 1 fully saturated rings. The number of benzene rings is 2. The Labute approximate surface area is 213 Å². The molecule has 0 radical (unpaired) electrons. The number of amides is 1. The van der Waals surface area contributed by atoms with E-state index in [0.29, 0.717) is 16.2 Å². The van der Waals surface area contributed by atoms with Crippen molar-refractivity contribution in [2.45, 2.75) is 64.3 Å². The average molecular weight is 504 g/mol. The van der Waals surface area contributed by atoms with Gasteiger partial charge >= 0.3 is 5.97 Å². The fraction of sp³-hybridized carbons (Fsp3) is 0.370. The van der Waals surface area contributed by atoms with Gasteiger partial charge in [0.25, 0.3) is 5.91 Å². The molecule has 1 saturated carbocycles. The fourth-order valence-electron chi connectivity index (χ4n) is 4.69. The number of rotatable bonds is 5. The number of hydrogen-bond acceptors (Lipinski definition) is 6. The van der Waals surface area contributed by atoms with E-state index in [9.17, 15) is 14.7 Å². The quantitative estimate of drug-likeness (QED) is 0.330. The molecule has 2 aromatic heterocycles. The Morgan fingerprint density at radius 1 is 1.03 bits per heavy atom. The Bertz CT molecular complexity index is 1440. The van der Waals surface area contributed by atoms with Gasteiger partial charge in [-0.3, -0.25) is 10.1 Å². The Balaban J connectivity index is 1.52. The molecular formula is C27H29N5O3S. The highest BCUT2D eigenvalue weighted by Gasteiger charge is 2.24. The van der Waals surface area contributed by atoms with Crippen molar-refractivity contribution in [3.05, 3.63) is 58.6 Å². The lowest BCUT2D eigenvalue weighted by Crippen LogP contribution is -2.14. The van der Waals surface area contributed by atoms with E-state index in [1.807, 2.05) is 24.3 Å². The topological polar surface area (TPSA) is 110 Å². The summed E-state index contributed by atoms with van der Waals surface area (Å²) in [5, 5.41) is 22.0. The van der Waals surface area contributed by atoms with Crippen LogP contribution in [0.3, 0.4) is 0 Å². The molecule has 0 spiro atoms. The number of imidazole rings is 1. The van der Waals surface area contributed by atoms with Crippen molar-refractivity contribution in [2.24, 2.45) is 0 Å². The first-order chi connectivity index (χ1) is 17.2. The molecule has 8 nitrogen and oxygen atoms in total. The SMILES string of the molecule is CC(C)(C)c1nnc(NC(=O)c2cccc(-c3nc4cc(C(=O)O)ccc4n3C3CCCCC3)c2)s1. The van der Waals surface area contributed by atoms with Gasteiger partial charge in [-0.05, 0) is 43.2 Å². The van der Waals surface area contributed by atoms with Crippen molar-refractivity contribution >= 4 is 39.4 Å². The summed E-state index contributed by atoms with van der Waals surface area (Å²) in [6.45, 7) is 6.17. The number of carbonyl (C=O) groups is 2. The van der Waals surface area contributed by atoms with Crippen LogP contribution < -0.4 is 5.32 Å². The van der Waals surface area contributed by atoms with E-state index in [4.69, 9.17) is 4.98 Å². The molecule has 2 N–H and O–H groups in total. The highest BCUT2D eigenvalue weighted by atomic mass is 32.1. The standard InChI is InChI=1S/C27H29N5O3S/c1-27(2,3)25-30-31-26(36-25)29-23(33)17-9-7-8-16(14-17)22-28-20-15-18(24(34)35)12-13-21(20)32(22)19-10-5-4-6-11-19/h7-9,12-15,19H,4-6,10-11H2,1-3H3,(H,34,35)(H,29,31,33). The second-order valence-electron chi connectivity index (χ2n) is 10.3. The highest BCUT2D eigenvalue weighted by Crippen LogP contribution is 2.36. The molecule has 9 heteroatoms. The predicted molar refractivity (Wildman–Crippen MR) is 141 cm³/mol. The van der Waals surface area contributed by atoms with Crippen molar-refractivity contribution in [1.82, 2.24) is 19.7 Å². The number of carboxylic acids is 1. The summed E-state index contributed by atoms with van der Waals surface area (Å²) in [6, 6.07) is 12.8. The van der Waals surface area contributed by atoms with E-state index in [1.54, 1.807) is 18.2 Å². The van der Waals surface area contributed by atoms with Gasteiger partial charge in [-0.1, -0.05) is 63.5 Å². The first kappa shape index (κ1) is 24.1. The number of aromatic nitrogens is 4. The van der Waals surface area contributed by atoms with Crippen molar-refractivity contribution in [1.29, 1.82) is 0 Å². The Kier molecular flexibility index (Phi) is 6.34. The first-order valence-corrected chi connectivity index (χ1v) is 13.0. The lowest BCUT2D eigenvalue weighted by Gasteiger charge is -2.25. The second-order valence-corrected chi connectivity index (χ2v) is 11.3. The molecule has 1 aliphatic carbocycles. The lowest BCUT2D eigenvalue weighted by atomic mass is 9.94. The molecular weight excluding hydrogens is 474 g/mol. The summed E-state index contributed by atoms with van der Waals surface area (Å²) >= 11 is 1.37. The van der Waals surface area contributed by atoms with Gasteiger partial charge in [0.15, 0.2) is 0 Å². The summed E-state index contributed by atoms with van der Waals surface area (Å²) in [6.07, 6.45) is 5.62. The van der Waals surface area contributed by atoms with Crippen LogP contribution in [0.4, 0.5) is 5.13 Å². The number of anilines is 1. The molecule has 1 aliphatic rings. The molecule has 2 heterocycles. The normalized spacial score (nSPS) is 14.8. The van der Waals surface area contributed by atoms with Crippen LogP contribution in [-0.2, 0) is 5.41 Å². The largest absolute Gasteiger partial charge is 0.478 e. The predicted octanol–water partition coefficient (Wildman–Crippen LogP) is 6.31. The molecule has 1 amide bonds. The Hall–Kier alpha value is -3.59. The first-order valence-electron chi connectivity index (χ1n) is 12.2. The lowest BCUT2D eigenvalue weighted by molar-refractivity contribution is 0.0696. The van der Waals surface area contributed by atoms with Gasteiger partial charge in [0.1, 0.15) is 10.8 Å². The maximum Gasteiger partial charge on any atom is 0.335 e. The maximum absolute atomic E-state index is 13.1. The van der Waals surface area contributed by atoms with Crippen LogP contribution in [0.25, 0.3) is 22.4 Å². The molecule has 0 atom stereocenters. The fourth-order valence-corrected chi connectivity index (χ4v) is 5.49. The van der Waals surface area contributed by atoms with Gasteiger partial charge in [-0.25, -0.2) is 9.78 Å². The van der Waals surface area contributed by atoms with Gasteiger partial charge in [-0.15, -0.1) is 10.2 Å². The van der Waals surface area contributed by atoms with E-state index >= 15 is 0 Å². The molecule has 0 aliphatic heterocycles. The summed E-state index contributed by atoms with van der Waals surface area (Å²) in [5.41, 5.74) is 2.94. The number of aromatic carboxylic acids is 1. The minimum absolute atomic E-state index is 0.140. The van der Waals surface area contributed by atoms with Gasteiger partial charge in [0.2, 0.25) is 5.13 Å². The minimum Gasteiger partial charge on any atom is -0.478 e. The van der Waals surface area contributed by atoms with Crippen LogP contribution in [-0.4, -0.2) is 36.7 Å². The molecule has 36 heavy (non-hydrogen) atoms. The minimum atomic E-state index is -0.976. The zero-order chi connectivity index (χ0) is 25.4. The van der Waals surface area contributed by atoms with E-state index in [1.165, 1.54) is 17.8 Å². The van der Waals surface area contributed by atoms with E-state index in [0.717, 1.165) is 47.6 Å². The molecule has 0 unspecified atom stereocenters. The van der Waals surface area contributed by atoms with Crippen LogP contribution >= 0.6 is 11.3 Å². The van der Waals surface area contributed by atoms with Crippen LogP contribution in [0.15, 0.2) is 42.5 Å². The van der Waals surface area contributed by atoms with Gasteiger partial charge in [-0.2, -0.15) is 0 Å². The molecule has 186 valence electrons. The van der Waals surface area contributed by atoms with Crippen LogP contribution in [0.5, 0.6) is 0 Å². The number of nitrogens with one attached hydrogen (secondary N) is 1. The highest BCUT2D eigenvalue weighted by molar-refractivity contribution is 7.15. The summed E-state index contributed by atoms with van der Waals surface area (Å²) in [4.78, 5) is 29.5. The third-order valence-corrected chi connectivity index (χ3v) is 7.81. The maximum atomic E-state index is 13.1. The number of hydrogen-bond donors (Lipinski definition) is 2. The Morgan fingerprint density at radius 2 is 1.81 bits per heavy atom. The zero-order valence-electron chi connectivity index (χ0n) is 20.6. The number of fused-ring (bicyclic) bond motifs is 1. The number of carbonyl (C=O) groups excluding carboxylic acids is 1. The molecule has 4 aromatic rings. The van der Waals surface area contributed by atoms with Gasteiger partial charge in [0.05, 0.1) is 16.6 Å². The van der Waals surface area contributed by atoms with Gasteiger partial charge < -0.3 is 9.67 Å². The average Bonchev–Trinajstić information content (AvgIpc) is 3.49. The number of carboxylic acid groups (broad SMARTS) is 1. The van der Waals surface area contributed by atoms with Crippen molar-refractivity contribution < 1.29 is 14.7 Å². The second kappa shape index (κ2) is 9.46. The van der Waals surface area contributed by atoms with E-state index < -0.39 is 5.97 Å². The van der Waals surface area contributed by atoms with Crippen molar-refractivity contribution in [2.75, 3.05) is 5.32 Å². The molecule has 5 rings (SSSR count). The molecule has 0 bridgehead atoms. The van der Waals surface area contributed by atoms with Gasteiger partial charge in [0, 0.05) is 22.6 Å². The smallest absolute Gasteiger partial charge is 0.335 e. The van der Waals surface area contributed by atoms with Crippen LogP contribution in [0.1, 0.15) is 84.6 Å². The van der Waals surface area contributed by atoms with E-state index in [2.05, 4.69) is 40.9 Å². The third-order valence-electron chi connectivity index (χ3n) is 6.55.